The quantitative estimate of drug-likeness (QED) is 0.899. The third-order valence-corrected chi connectivity index (χ3v) is 3.15. The molecule has 1 aromatic carbocycles. The molecule has 0 aromatic heterocycles. The molecule has 1 saturated carbocycles. The van der Waals surface area contributed by atoms with Crippen molar-refractivity contribution < 1.29 is 18.3 Å². The lowest BCUT2D eigenvalue weighted by atomic mass is 9.86. The Morgan fingerprint density at radius 2 is 1.86 bits per heavy atom. The number of nitrogens with one attached hydrogen (secondary N) is 2. The molecule has 1 aliphatic carbocycles. The van der Waals surface area contributed by atoms with Crippen molar-refractivity contribution in [1.82, 2.24) is 5.32 Å². The van der Waals surface area contributed by atoms with Crippen LogP contribution >= 0.6 is 0 Å². The number of rotatable bonds is 3. The minimum absolute atomic E-state index is 0.0441. The second kappa shape index (κ2) is 5.87. The van der Waals surface area contributed by atoms with Gasteiger partial charge < -0.3 is 15.4 Å². The van der Waals surface area contributed by atoms with Crippen molar-refractivity contribution in [2.24, 2.45) is 0 Å². The van der Waals surface area contributed by atoms with Gasteiger partial charge in [0.05, 0.1) is 0 Å². The molecule has 0 heterocycles. The van der Waals surface area contributed by atoms with Crippen molar-refractivity contribution in [3.8, 4) is 0 Å². The van der Waals surface area contributed by atoms with Crippen LogP contribution < -0.4 is 10.6 Å². The standard InChI is InChI=1S/C15H20F2N2O2/c1-15(2,3)21-14(20)19-11-6-10(7-11)18-9-4-5-12(16)13(17)8-9/h4-5,8,10-11,18H,6-7H2,1-3H3,(H,19,20). The number of halogens is 2. The highest BCUT2D eigenvalue weighted by molar-refractivity contribution is 5.68. The maximum atomic E-state index is 13.1. The highest BCUT2D eigenvalue weighted by Gasteiger charge is 2.31. The van der Waals surface area contributed by atoms with E-state index in [4.69, 9.17) is 4.74 Å². The lowest BCUT2D eigenvalue weighted by Crippen LogP contribution is -2.50. The predicted molar refractivity (Wildman–Crippen MR) is 76.2 cm³/mol. The molecule has 0 radical (unpaired) electrons. The summed E-state index contributed by atoms with van der Waals surface area (Å²) < 4.78 is 31.0. The van der Waals surface area contributed by atoms with Crippen LogP contribution in [0.25, 0.3) is 0 Å². The van der Waals surface area contributed by atoms with Gasteiger partial charge in [0.25, 0.3) is 0 Å². The van der Waals surface area contributed by atoms with E-state index in [1.54, 1.807) is 20.8 Å². The molecule has 21 heavy (non-hydrogen) atoms. The van der Waals surface area contributed by atoms with Crippen molar-refractivity contribution >= 4 is 11.8 Å². The van der Waals surface area contributed by atoms with Crippen LogP contribution in [0.15, 0.2) is 18.2 Å². The minimum atomic E-state index is -0.872. The van der Waals surface area contributed by atoms with Crippen LogP contribution in [0.1, 0.15) is 33.6 Å². The van der Waals surface area contributed by atoms with E-state index in [-0.39, 0.29) is 12.1 Å². The molecule has 0 bridgehead atoms. The van der Waals surface area contributed by atoms with Crippen LogP contribution in [0, 0.1) is 11.6 Å². The summed E-state index contributed by atoms with van der Waals surface area (Å²) in [5.41, 5.74) is 0.0199. The van der Waals surface area contributed by atoms with Gasteiger partial charge in [-0.2, -0.15) is 0 Å². The number of alkyl carbamates (subject to hydrolysis) is 1. The molecule has 0 atom stereocenters. The van der Waals surface area contributed by atoms with Gasteiger partial charge >= 0.3 is 6.09 Å². The topological polar surface area (TPSA) is 50.4 Å². The summed E-state index contributed by atoms with van der Waals surface area (Å²) in [4.78, 5) is 11.6. The van der Waals surface area contributed by atoms with E-state index < -0.39 is 23.3 Å². The first-order valence-electron chi connectivity index (χ1n) is 6.94. The normalized spacial score (nSPS) is 21.4. The van der Waals surface area contributed by atoms with Crippen LogP contribution in [0.4, 0.5) is 19.3 Å². The number of amides is 1. The summed E-state index contributed by atoms with van der Waals surface area (Å²) in [6.07, 6.45) is 1.01. The van der Waals surface area contributed by atoms with Crippen LogP contribution in [0.3, 0.4) is 0 Å². The van der Waals surface area contributed by atoms with E-state index >= 15 is 0 Å². The number of benzene rings is 1. The van der Waals surface area contributed by atoms with Gasteiger partial charge in [0.2, 0.25) is 0 Å². The Morgan fingerprint density at radius 1 is 1.19 bits per heavy atom. The molecule has 4 nitrogen and oxygen atoms in total. The van der Waals surface area contributed by atoms with Crippen molar-refractivity contribution in [2.75, 3.05) is 5.32 Å². The molecule has 116 valence electrons. The number of hydrogen-bond acceptors (Lipinski definition) is 3. The van der Waals surface area contributed by atoms with Crippen LogP contribution in [0.2, 0.25) is 0 Å². The molecule has 1 aliphatic rings. The lowest BCUT2D eigenvalue weighted by molar-refractivity contribution is 0.0475. The second-order valence-corrected chi connectivity index (χ2v) is 6.28. The third kappa shape index (κ3) is 4.58. The second-order valence-electron chi connectivity index (χ2n) is 6.28. The van der Waals surface area contributed by atoms with Gasteiger partial charge in [0.15, 0.2) is 11.6 Å². The monoisotopic (exact) mass is 298 g/mol. The highest BCUT2D eigenvalue weighted by atomic mass is 19.2. The molecule has 2 rings (SSSR count). The Morgan fingerprint density at radius 3 is 2.43 bits per heavy atom. The van der Waals surface area contributed by atoms with Crippen molar-refractivity contribution in [3.05, 3.63) is 29.8 Å². The van der Waals surface area contributed by atoms with Gasteiger partial charge in [0, 0.05) is 23.8 Å². The number of ether oxygens (including phenoxy) is 1. The number of carbonyl (C=O) groups excluding carboxylic acids is 1. The fourth-order valence-corrected chi connectivity index (χ4v) is 2.15. The largest absolute Gasteiger partial charge is 0.444 e. The number of anilines is 1. The van der Waals surface area contributed by atoms with E-state index in [1.165, 1.54) is 6.07 Å². The van der Waals surface area contributed by atoms with Gasteiger partial charge in [0.1, 0.15) is 5.60 Å². The smallest absolute Gasteiger partial charge is 0.407 e. The Hall–Kier alpha value is -1.85. The molecule has 6 heteroatoms. The SMILES string of the molecule is CC(C)(C)OC(=O)NC1CC(Nc2ccc(F)c(F)c2)C1. The first kappa shape index (κ1) is 15.5. The zero-order valence-corrected chi connectivity index (χ0v) is 12.4. The molecule has 0 spiro atoms. The first-order valence-corrected chi connectivity index (χ1v) is 6.94. The van der Waals surface area contributed by atoms with Crippen LogP contribution in [-0.2, 0) is 4.74 Å². The van der Waals surface area contributed by atoms with Gasteiger partial charge in [-0.3, -0.25) is 0 Å². The number of hydrogen-bond donors (Lipinski definition) is 2. The Labute approximate surface area is 122 Å². The Kier molecular flexibility index (Phi) is 4.34. The van der Waals surface area contributed by atoms with E-state index in [1.807, 2.05) is 0 Å². The minimum Gasteiger partial charge on any atom is -0.444 e. The van der Waals surface area contributed by atoms with Crippen molar-refractivity contribution in [1.29, 1.82) is 0 Å². The molecular weight excluding hydrogens is 278 g/mol. The first-order chi connectivity index (χ1) is 9.73. The van der Waals surface area contributed by atoms with Gasteiger partial charge in [-0.1, -0.05) is 0 Å². The zero-order chi connectivity index (χ0) is 15.6. The zero-order valence-electron chi connectivity index (χ0n) is 12.4. The molecule has 1 fully saturated rings. The summed E-state index contributed by atoms with van der Waals surface area (Å²) >= 11 is 0. The average Bonchev–Trinajstić information content (AvgIpc) is 2.28. The van der Waals surface area contributed by atoms with Crippen LogP contribution in [0.5, 0.6) is 0 Å². The maximum Gasteiger partial charge on any atom is 0.407 e. The summed E-state index contributed by atoms with van der Waals surface area (Å²) in [6, 6.07) is 3.89. The molecule has 1 aromatic rings. The summed E-state index contributed by atoms with van der Waals surface area (Å²) in [6.45, 7) is 5.42. The Balaban J connectivity index is 1.74. The van der Waals surface area contributed by atoms with Gasteiger partial charge in [-0.05, 0) is 45.7 Å². The highest BCUT2D eigenvalue weighted by Crippen LogP contribution is 2.25. The Bertz CT molecular complexity index is 523. The maximum absolute atomic E-state index is 13.1. The summed E-state index contributed by atoms with van der Waals surface area (Å²) in [5, 5.41) is 5.87. The lowest BCUT2D eigenvalue weighted by Gasteiger charge is -2.37. The fourth-order valence-electron chi connectivity index (χ4n) is 2.15. The molecule has 2 N–H and O–H groups in total. The van der Waals surface area contributed by atoms with Crippen molar-refractivity contribution in [2.45, 2.75) is 51.3 Å². The van der Waals surface area contributed by atoms with E-state index in [2.05, 4.69) is 10.6 Å². The van der Waals surface area contributed by atoms with E-state index in [0.29, 0.717) is 5.69 Å². The molecule has 0 saturated heterocycles. The fraction of sp³-hybridized carbons (Fsp3) is 0.533. The summed E-state index contributed by atoms with van der Waals surface area (Å²) in [5.74, 6) is -1.73. The number of carbonyl (C=O) groups is 1. The molecule has 0 aliphatic heterocycles. The third-order valence-electron chi connectivity index (χ3n) is 3.15. The van der Waals surface area contributed by atoms with Gasteiger partial charge in [-0.15, -0.1) is 0 Å². The van der Waals surface area contributed by atoms with Crippen LogP contribution in [-0.4, -0.2) is 23.8 Å². The summed E-state index contributed by atoms with van der Waals surface area (Å²) in [7, 11) is 0. The predicted octanol–water partition coefficient (Wildman–Crippen LogP) is 3.43. The molecule has 1 amide bonds. The van der Waals surface area contributed by atoms with E-state index in [9.17, 15) is 13.6 Å². The van der Waals surface area contributed by atoms with E-state index in [0.717, 1.165) is 25.0 Å². The molecular formula is C15H20F2N2O2. The van der Waals surface area contributed by atoms with Crippen molar-refractivity contribution in [3.63, 3.8) is 0 Å². The average molecular weight is 298 g/mol. The van der Waals surface area contributed by atoms with Gasteiger partial charge in [-0.25, -0.2) is 13.6 Å². The molecule has 0 unspecified atom stereocenters.